The highest BCUT2D eigenvalue weighted by molar-refractivity contribution is 5.79. The summed E-state index contributed by atoms with van der Waals surface area (Å²) in [6.07, 6.45) is 0. The van der Waals surface area contributed by atoms with Crippen LogP contribution in [-0.4, -0.2) is 43.4 Å². The normalized spacial score (nSPS) is 9.40. The molecule has 0 radical (unpaired) electrons. The summed E-state index contributed by atoms with van der Waals surface area (Å²) < 4.78 is 5.11. The lowest BCUT2D eigenvalue weighted by atomic mass is 10.4. The summed E-state index contributed by atoms with van der Waals surface area (Å²) in [5.74, 6) is -1.08. The van der Waals surface area contributed by atoms with Crippen molar-refractivity contribution in [1.82, 2.24) is 10.6 Å². The predicted octanol–water partition coefficient (Wildman–Crippen LogP) is -0.0371. The number of nitrogens with one attached hydrogen (secondary N) is 2. The summed E-state index contributed by atoms with van der Waals surface area (Å²) in [6, 6.07) is -0.517. The topological polar surface area (TPSA) is 87.7 Å². The van der Waals surface area contributed by atoms with Gasteiger partial charge in [-0.2, -0.15) is 0 Å². The molecule has 0 aliphatic rings. The van der Waals surface area contributed by atoms with Crippen LogP contribution in [0, 0.1) is 0 Å². The second-order valence-corrected chi connectivity index (χ2v) is 3.01. The first-order chi connectivity index (χ1) is 7.02. The molecule has 0 heterocycles. The standard InChI is InChI=1S/C9H16N2O4/c1-7(2)6-15-4-3-10-9(14)11-5-8(12)13/h1,3-6H2,2H3,(H,12,13)(H2,10,11,14). The maximum absolute atomic E-state index is 10.9. The Kier molecular flexibility index (Phi) is 7.00. The first-order valence-electron chi connectivity index (χ1n) is 4.48. The van der Waals surface area contributed by atoms with Gasteiger partial charge >= 0.3 is 12.0 Å². The van der Waals surface area contributed by atoms with Crippen molar-refractivity contribution in [2.24, 2.45) is 0 Å². The second kappa shape index (κ2) is 7.81. The number of rotatable bonds is 7. The van der Waals surface area contributed by atoms with E-state index in [9.17, 15) is 9.59 Å². The largest absolute Gasteiger partial charge is 0.480 e. The van der Waals surface area contributed by atoms with E-state index in [1.807, 2.05) is 6.92 Å². The van der Waals surface area contributed by atoms with Crippen LogP contribution in [0.25, 0.3) is 0 Å². The highest BCUT2D eigenvalue weighted by atomic mass is 16.5. The molecule has 15 heavy (non-hydrogen) atoms. The Morgan fingerprint density at radius 1 is 1.40 bits per heavy atom. The predicted molar refractivity (Wildman–Crippen MR) is 54.7 cm³/mol. The molecule has 0 saturated heterocycles. The number of carboxylic acid groups (broad SMARTS) is 1. The van der Waals surface area contributed by atoms with Gasteiger partial charge in [0.25, 0.3) is 0 Å². The van der Waals surface area contributed by atoms with Crippen LogP contribution < -0.4 is 10.6 Å². The number of hydrogen-bond donors (Lipinski definition) is 3. The lowest BCUT2D eigenvalue weighted by Gasteiger charge is -2.06. The van der Waals surface area contributed by atoms with Crippen molar-refractivity contribution in [3.8, 4) is 0 Å². The summed E-state index contributed by atoms with van der Waals surface area (Å²) in [4.78, 5) is 21.0. The van der Waals surface area contributed by atoms with Gasteiger partial charge in [0.05, 0.1) is 13.2 Å². The SMILES string of the molecule is C=C(C)COCCNC(=O)NCC(=O)O. The third kappa shape index (κ3) is 10.4. The average molecular weight is 216 g/mol. The summed E-state index contributed by atoms with van der Waals surface area (Å²) in [5.41, 5.74) is 0.908. The number of hydrogen-bond acceptors (Lipinski definition) is 3. The fraction of sp³-hybridized carbons (Fsp3) is 0.556. The lowest BCUT2D eigenvalue weighted by molar-refractivity contribution is -0.135. The third-order valence-electron chi connectivity index (χ3n) is 1.28. The van der Waals surface area contributed by atoms with Crippen LogP contribution in [0.1, 0.15) is 6.92 Å². The Morgan fingerprint density at radius 3 is 2.60 bits per heavy atom. The van der Waals surface area contributed by atoms with Crippen molar-refractivity contribution in [3.05, 3.63) is 12.2 Å². The Morgan fingerprint density at radius 2 is 2.07 bits per heavy atom. The van der Waals surface area contributed by atoms with Gasteiger partial charge in [-0.05, 0) is 6.92 Å². The minimum Gasteiger partial charge on any atom is -0.480 e. The van der Waals surface area contributed by atoms with E-state index in [0.717, 1.165) is 5.57 Å². The van der Waals surface area contributed by atoms with Crippen LogP contribution in [0.15, 0.2) is 12.2 Å². The molecule has 0 aliphatic carbocycles. The molecule has 0 aromatic heterocycles. The lowest BCUT2D eigenvalue weighted by Crippen LogP contribution is -2.39. The molecule has 0 atom stereocenters. The van der Waals surface area contributed by atoms with Crippen molar-refractivity contribution < 1.29 is 19.4 Å². The monoisotopic (exact) mass is 216 g/mol. The van der Waals surface area contributed by atoms with Gasteiger partial charge in [-0.3, -0.25) is 4.79 Å². The summed E-state index contributed by atoms with van der Waals surface area (Å²) in [7, 11) is 0. The van der Waals surface area contributed by atoms with E-state index in [2.05, 4.69) is 17.2 Å². The number of ether oxygens (including phenoxy) is 1. The van der Waals surface area contributed by atoms with Crippen LogP contribution in [0.4, 0.5) is 4.79 Å². The zero-order valence-electron chi connectivity index (χ0n) is 8.71. The van der Waals surface area contributed by atoms with Crippen LogP contribution in [0.2, 0.25) is 0 Å². The number of amides is 2. The van der Waals surface area contributed by atoms with Gasteiger partial charge in [0.2, 0.25) is 0 Å². The Balaban J connectivity index is 3.31. The summed E-state index contributed by atoms with van der Waals surface area (Å²) in [5, 5.41) is 12.9. The van der Waals surface area contributed by atoms with E-state index >= 15 is 0 Å². The molecular formula is C9H16N2O4. The van der Waals surface area contributed by atoms with E-state index < -0.39 is 18.5 Å². The van der Waals surface area contributed by atoms with Crippen LogP contribution in [-0.2, 0) is 9.53 Å². The van der Waals surface area contributed by atoms with Crippen molar-refractivity contribution in [3.63, 3.8) is 0 Å². The highest BCUT2D eigenvalue weighted by Gasteiger charge is 2.01. The van der Waals surface area contributed by atoms with Crippen LogP contribution >= 0.6 is 0 Å². The molecule has 0 bridgehead atoms. The molecular weight excluding hydrogens is 200 g/mol. The molecule has 6 heteroatoms. The molecule has 3 N–H and O–H groups in total. The zero-order valence-corrected chi connectivity index (χ0v) is 8.71. The van der Waals surface area contributed by atoms with Gasteiger partial charge in [0, 0.05) is 6.54 Å². The zero-order chi connectivity index (χ0) is 11.7. The Bertz CT molecular complexity index is 240. The molecule has 6 nitrogen and oxygen atoms in total. The molecule has 2 amide bonds. The fourth-order valence-electron chi connectivity index (χ4n) is 0.702. The van der Waals surface area contributed by atoms with Gasteiger partial charge in [-0.15, -0.1) is 0 Å². The molecule has 0 aromatic carbocycles. The van der Waals surface area contributed by atoms with E-state index in [1.54, 1.807) is 0 Å². The van der Waals surface area contributed by atoms with Gasteiger partial charge < -0.3 is 20.5 Å². The summed E-state index contributed by atoms with van der Waals surface area (Å²) >= 11 is 0. The molecule has 86 valence electrons. The Hall–Kier alpha value is -1.56. The average Bonchev–Trinajstić information content (AvgIpc) is 2.13. The number of carboxylic acids is 1. The van der Waals surface area contributed by atoms with Crippen molar-refractivity contribution in [2.75, 3.05) is 26.3 Å². The molecule has 0 spiro atoms. The molecule has 0 unspecified atom stereocenters. The van der Waals surface area contributed by atoms with Gasteiger partial charge in [0.15, 0.2) is 0 Å². The van der Waals surface area contributed by atoms with Gasteiger partial charge in [-0.25, -0.2) is 4.79 Å². The van der Waals surface area contributed by atoms with Crippen LogP contribution in [0.5, 0.6) is 0 Å². The molecule has 0 saturated carbocycles. The van der Waals surface area contributed by atoms with E-state index in [-0.39, 0.29) is 0 Å². The number of urea groups is 1. The van der Waals surface area contributed by atoms with E-state index in [1.165, 1.54) is 0 Å². The van der Waals surface area contributed by atoms with Crippen molar-refractivity contribution in [1.29, 1.82) is 0 Å². The highest BCUT2D eigenvalue weighted by Crippen LogP contribution is 1.86. The van der Waals surface area contributed by atoms with E-state index in [4.69, 9.17) is 9.84 Å². The maximum atomic E-state index is 10.9. The molecule has 0 fully saturated rings. The van der Waals surface area contributed by atoms with Gasteiger partial charge in [-0.1, -0.05) is 12.2 Å². The first-order valence-corrected chi connectivity index (χ1v) is 4.48. The minimum atomic E-state index is -1.08. The smallest absolute Gasteiger partial charge is 0.323 e. The minimum absolute atomic E-state index is 0.332. The molecule has 0 aliphatic heterocycles. The first kappa shape index (κ1) is 13.4. The second-order valence-electron chi connectivity index (χ2n) is 3.01. The maximum Gasteiger partial charge on any atom is 0.323 e. The number of carbonyl (C=O) groups excluding carboxylic acids is 1. The Labute approximate surface area is 88.3 Å². The van der Waals surface area contributed by atoms with E-state index in [0.29, 0.717) is 19.8 Å². The molecule has 0 rings (SSSR count). The molecule has 0 aromatic rings. The third-order valence-corrected chi connectivity index (χ3v) is 1.28. The quantitative estimate of drug-likeness (QED) is 0.411. The fourth-order valence-corrected chi connectivity index (χ4v) is 0.702. The van der Waals surface area contributed by atoms with Crippen molar-refractivity contribution >= 4 is 12.0 Å². The summed E-state index contributed by atoms with van der Waals surface area (Å²) in [6.45, 7) is 6.25. The van der Waals surface area contributed by atoms with Crippen molar-refractivity contribution in [2.45, 2.75) is 6.92 Å². The van der Waals surface area contributed by atoms with Crippen LogP contribution in [0.3, 0.4) is 0 Å². The van der Waals surface area contributed by atoms with Gasteiger partial charge in [0.1, 0.15) is 6.54 Å². The number of aliphatic carboxylic acids is 1. The number of carbonyl (C=O) groups is 2.